The van der Waals surface area contributed by atoms with Gasteiger partial charge in [0, 0.05) is 11.1 Å². The fourth-order valence-electron chi connectivity index (χ4n) is 3.71. The van der Waals surface area contributed by atoms with Gasteiger partial charge >= 0.3 is 0 Å². The molecule has 0 aromatic heterocycles. The van der Waals surface area contributed by atoms with Gasteiger partial charge in [0.15, 0.2) is 5.78 Å². The number of carbonyl (C=O) groups excluding carboxylic acids is 2. The first kappa shape index (κ1) is 16.8. The molecule has 1 unspecified atom stereocenters. The van der Waals surface area contributed by atoms with Crippen molar-refractivity contribution >= 4 is 23.0 Å². The van der Waals surface area contributed by atoms with Gasteiger partial charge in [-0.25, -0.2) is 9.38 Å². The van der Waals surface area contributed by atoms with Crippen LogP contribution in [0.2, 0.25) is 0 Å². The molecule has 5 heteroatoms. The average Bonchev–Trinajstić information content (AvgIpc) is 2.68. The number of Topliss-reactive ketones (excluding diaryl/α,β-unsaturated/α-hetero) is 2. The van der Waals surface area contributed by atoms with Gasteiger partial charge in [-0.3, -0.25) is 14.5 Å². The van der Waals surface area contributed by atoms with E-state index < -0.39 is 6.04 Å². The number of ketones is 2. The molecule has 1 aliphatic carbocycles. The highest BCUT2D eigenvalue weighted by Gasteiger charge is 2.41. The molecule has 1 aliphatic heterocycles. The van der Waals surface area contributed by atoms with Gasteiger partial charge in [0.1, 0.15) is 17.6 Å². The summed E-state index contributed by atoms with van der Waals surface area (Å²) in [5.74, 6) is -0.666. The van der Waals surface area contributed by atoms with Crippen LogP contribution < -0.4 is 0 Å². The van der Waals surface area contributed by atoms with Gasteiger partial charge in [-0.1, -0.05) is 30.7 Å². The van der Waals surface area contributed by atoms with Crippen molar-refractivity contribution in [3.05, 3.63) is 65.5 Å². The predicted molar refractivity (Wildman–Crippen MR) is 97.8 cm³/mol. The number of piperidine rings is 1. The Morgan fingerprint density at radius 3 is 2.23 bits per heavy atom. The van der Waals surface area contributed by atoms with Crippen LogP contribution in [0.25, 0.3) is 0 Å². The topological polar surface area (TPSA) is 49.7 Å². The van der Waals surface area contributed by atoms with Crippen LogP contribution in [0.15, 0.2) is 53.5 Å². The van der Waals surface area contributed by atoms with E-state index in [1.165, 1.54) is 24.3 Å². The zero-order chi connectivity index (χ0) is 18.1. The molecule has 132 valence electrons. The summed E-state index contributed by atoms with van der Waals surface area (Å²) in [4.78, 5) is 32.8. The molecule has 0 saturated carbocycles. The molecule has 4 nitrogen and oxygen atoms in total. The minimum Gasteiger partial charge on any atom is -0.292 e. The average molecular weight is 350 g/mol. The second-order valence-electron chi connectivity index (χ2n) is 6.71. The van der Waals surface area contributed by atoms with Crippen LogP contribution in [0.1, 0.15) is 40.0 Å². The van der Waals surface area contributed by atoms with Crippen molar-refractivity contribution in [1.29, 1.82) is 0 Å². The Kier molecular flexibility index (Phi) is 4.47. The lowest BCUT2D eigenvalue weighted by Gasteiger charge is -2.36. The molecule has 2 aliphatic rings. The van der Waals surface area contributed by atoms with E-state index in [0.29, 0.717) is 16.8 Å². The number of halogens is 1. The predicted octanol–water partition coefficient (Wildman–Crippen LogP) is 3.83. The Hall–Kier alpha value is -2.66. The van der Waals surface area contributed by atoms with E-state index in [9.17, 15) is 14.0 Å². The lowest BCUT2D eigenvalue weighted by molar-refractivity contribution is 0.0831. The van der Waals surface area contributed by atoms with Crippen molar-refractivity contribution in [3.8, 4) is 0 Å². The van der Waals surface area contributed by atoms with E-state index in [0.717, 1.165) is 32.4 Å². The summed E-state index contributed by atoms with van der Waals surface area (Å²) in [6.07, 6.45) is 3.14. The minimum atomic E-state index is -0.664. The van der Waals surface area contributed by atoms with Crippen molar-refractivity contribution in [2.45, 2.75) is 25.3 Å². The van der Waals surface area contributed by atoms with Crippen molar-refractivity contribution in [3.63, 3.8) is 0 Å². The van der Waals surface area contributed by atoms with Gasteiger partial charge in [-0.2, -0.15) is 0 Å². The Bertz CT molecular complexity index is 883. The standard InChI is InChI=1S/C21H19FN2O2/c22-14-8-10-15(11-9-14)23-18-19(24-12-4-1-5-13-24)21(26)17-7-3-2-6-16(17)20(18)25/h2-3,6-11,19H,1,4-5,12-13H2. The molecule has 0 N–H and O–H groups in total. The molecular weight excluding hydrogens is 331 g/mol. The number of nitrogens with zero attached hydrogens (tertiary/aromatic N) is 2. The fourth-order valence-corrected chi connectivity index (χ4v) is 3.71. The van der Waals surface area contributed by atoms with Crippen molar-refractivity contribution in [1.82, 2.24) is 4.90 Å². The van der Waals surface area contributed by atoms with Gasteiger partial charge in [0.25, 0.3) is 0 Å². The molecular formula is C21H19FN2O2. The highest BCUT2D eigenvalue weighted by molar-refractivity contribution is 6.55. The van der Waals surface area contributed by atoms with E-state index in [1.54, 1.807) is 24.3 Å². The first-order valence-electron chi connectivity index (χ1n) is 8.91. The summed E-state index contributed by atoms with van der Waals surface area (Å²) >= 11 is 0. The van der Waals surface area contributed by atoms with E-state index >= 15 is 0 Å². The second kappa shape index (κ2) is 6.92. The fraction of sp³-hybridized carbons (Fsp3) is 0.286. The van der Waals surface area contributed by atoms with Crippen LogP contribution in [0.3, 0.4) is 0 Å². The number of carbonyl (C=O) groups is 2. The van der Waals surface area contributed by atoms with Crippen LogP contribution in [0.5, 0.6) is 0 Å². The molecule has 0 spiro atoms. The lowest BCUT2D eigenvalue weighted by atomic mass is 9.83. The monoisotopic (exact) mass is 350 g/mol. The Morgan fingerprint density at radius 2 is 1.54 bits per heavy atom. The molecule has 0 amide bonds. The molecule has 1 fully saturated rings. The molecule has 1 atom stereocenters. The molecule has 2 aromatic carbocycles. The Morgan fingerprint density at radius 1 is 0.885 bits per heavy atom. The highest BCUT2D eigenvalue weighted by Crippen LogP contribution is 2.27. The summed E-state index contributed by atoms with van der Waals surface area (Å²) in [7, 11) is 0. The van der Waals surface area contributed by atoms with E-state index in [-0.39, 0.29) is 23.1 Å². The maximum atomic E-state index is 13.2. The molecule has 0 bridgehead atoms. The number of aliphatic imine (C=N–C) groups is 1. The van der Waals surface area contributed by atoms with Crippen LogP contribution in [0, 0.1) is 5.82 Å². The SMILES string of the molecule is O=C1C(=Nc2ccc(F)cc2)C(N2CCCCC2)C(=O)c2ccccc21. The third kappa shape index (κ3) is 2.99. The van der Waals surface area contributed by atoms with Crippen LogP contribution >= 0.6 is 0 Å². The van der Waals surface area contributed by atoms with E-state index in [4.69, 9.17) is 0 Å². The number of rotatable bonds is 2. The van der Waals surface area contributed by atoms with Crippen molar-refractivity contribution in [2.24, 2.45) is 4.99 Å². The summed E-state index contributed by atoms with van der Waals surface area (Å²) in [6.45, 7) is 1.54. The number of hydrogen-bond acceptors (Lipinski definition) is 4. The lowest BCUT2D eigenvalue weighted by Crippen LogP contribution is -2.54. The van der Waals surface area contributed by atoms with Gasteiger partial charge in [-0.05, 0) is 50.2 Å². The van der Waals surface area contributed by atoms with Gasteiger partial charge in [0.05, 0.1) is 5.69 Å². The van der Waals surface area contributed by atoms with Crippen LogP contribution in [-0.2, 0) is 0 Å². The number of likely N-dealkylation sites (tertiary alicyclic amines) is 1. The molecule has 26 heavy (non-hydrogen) atoms. The maximum absolute atomic E-state index is 13.2. The number of fused-ring (bicyclic) bond motifs is 1. The largest absolute Gasteiger partial charge is 0.292 e. The van der Waals surface area contributed by atoms with Crippen molar-refractivity contribution in [2.75, 3.05) is 13.1 Å². The number of benzene rings is 2. The van der Waals surface area contributed by atoms with E-state index in [2.05, 4.69) is 9.89 Å². The van der Waals surface area contributed by atoms with Gasteiger partial charge < -0.3 is 0 Å². The maximum Gasteiger partial charge on any atom is 0.210 e. The summed E-state index contributed by atoms with van der Waals surface area (Å²) in [6, 6.07) is 11.9. The molecule has 0 radical (unpaired) electrons. The Labute approximate surface area is 151 Å². The molecule has 2 aromatic rings. The zero-order valence-electron chi connectivity index (χ0n) is 14.3. The van der Waals surface area contributed by atoms with Gasteiger partial charge in [-0.15, -0.1) is 0 Å². The van der Waals surface area contributed by atoms with Crippen molar-refractivity contribution < 1.29 is 14.0 Å². The summed E-state index contributed by atoms with van der Waals surface area (Å²) in [5, 5.41) is 0. The van der Waals surface area contributed by atoms with Crippen LogP contribution in [-0.4, -0.2) is 41.3 Å². The zero-order valence-corrected chi connectivity index (χ0v) is 14.3. The second-order valence-corrected chi connectivity index (χ2v) is 6.71. The molecule has 4 rings (SSSR count). The quantitative estimate of drug-likeness (QED) is 0.827. The van der Waals surface area contributed by atoms with Crippen LogP contribution in [0.4, 0.5) is 10.1 Å². The first-order chi connectivity index (χ1) is 12.6. The molecule has 1 saturated heterocycles. The third-order valence-corrected chi connectivity index (χ3v) is 5.01. The summed E-state index contributed by atoms with van der Waals surface area (Å²) in [5.41, 5.74) is 1.57. The first-order valence-corrected chi connectivity index (χ1v) is 8.91. The third-order valence-electron chi connectivity index (χ3n) is 5.01. The van der Waals surface area contributed by atoms with E-state index in [1.807, 2.05) is 0 Å². The smallest absolute Gasteiger partial charge is 0.210 e. The van der Waals surface area contributed by atoms with Gasteiger partial charge in [0.2, 0.25) is 5.78 Å². The minimum absolute atomic E-state index is 0.0806. The highest BCUT2D eigenvalue weighted by atomic mass is 19.1. The normalized spacial score (nSPS) is 22.5. The Balaban J connectivity index is 1.83. The number of hydrogen-bond donors (Lipinski definition) is 0. The summed E-state index contributed by atoms with van der Waals surface area (Å²) < 4.78 is 13.2. The molecule has 1 heterocycles.